The number of hydrogen-bond acceptors (Lipinski definition) is 2. The van der Waals surface area contributed by atoms with E-state index in [-0.39, 0.29) is 12.3 Å². The van der Waals surface area contributed by atoms with E-state index in [0.717, 1.165) is 36.6 Å². The number of amides is 1. The number of benzene rings is 1. The van der Waals surface area contributed by atoms with E-state index in [0.29, 0.717) is 17.1 Å². The molecule has 0 saturated carbocycles. The second kappa shape index (κ2) is 9.79. The molecule has 0 unspecified atom stereocenters. The van der Waals surface area contributed by atoms with Crippen LogP contribution < -0.4 is 5.32 Å². The van der Waals surface area contributed by atoms with Crippen LogP contribution in [0.3, 0.4) is 0 Å². The lowest BCUT2D eigenvalue weighted by Crippen LogP contribution is -2.24. The van der Waals surface area contributed by atoms with Gasteiger partial charge in [0, 0.05) is 17.4 Å². The van der Waals surface area contributed by atoms with Gasteiger partial charge in [-0.25, -0.2) is 0 Å². The smallest absolute Gasteiger partial charge is 0.303 e. The molecule has 0 fully saturated rings. The van der Waals surface area contributed by atoms with Gasteiger partial charge in [0.05, 0.1) is 10.6 Å². The normalized spacial score (nSPS) is 10.4. The quantitative estimate of drug-likeness (QED) is 0.633. The van der Waals surface area contributed by atoms with E-state index in [1.54, 1.807) is 18.2 Å². The number of carbonyl (C=O) groups is 2. The Balaban J connectivity index is 2.16. The van der Waals surface area contributed by atoms with E-state index in [9.17, 15) is 9.59 Å². The number of carboxylic acids is 1. The van der Waals surface area contributed by atoms with Crippen LogP contribution in [0.4, 0.5) is 0 Å². The first-order valence-electron chi connectivity index (χ1n) is 6.95. The van der Waals surface area contributed by atoms with E-state index in [1.807, 2.05) is 0 Å². The fourth-order valence-corrected chi connectivity index (χ4v) is 2.46. The summed E-state index contributed by atoms with van der Waals surface area (Å²) in [5.41, 5.74) is 0.465. The monoisotopic (exact) mass is 375 g/mol. The van der Waals surface area contributed by atoms with Gasteiger partial charge < -0.3 is 10.4 Å². The van der Waals surface area contributed by atoms with Crippen molar-refractivity contribution in [2.45, 2.75) is 38.5 Å². The van der Waals surface area contributed by atoms with Crippen LogP contribution in [0.1, 0.15) is 48.9 Å². The summed E-state index contributed by atoms with van der Waals surface area (Å²) in [6.07, 6.45) is 4.71. The molecule has 2 N–H and O–H groups in total. The van der Waals surface area contributed by atoms with Crippen molar-refractivity contribution < 1.29 is 14.7 Å². The van der Waals surface area contributed by atoms with Gasteiger partial charge in [0.2, 0.25) is 0 Å². The lowest BCUT2D eigenvalue weighted by molar-refractivity contribution is -0.137. The number of unbranched alkanes of at least 4 members (excludes halogenated alkanes) is 4. The van der Waals surface area contributed by atoms with Crippen molar-refractivity contribution in [3.8, 4) is 0 Å². The second-order valence-electron chi connectivity index (χ2n) is 4.79. The van der Waals surface area contributed by atoms with Crippen molar-refractivity contribution >= 4 is 39.4 Å². The molecule has 0 heterocycles. The number of aliphatic carboxylic acids is 1. The van der Waals surface area contributed by atoms with E-state index < -0.39 is 5.97 Å². The highest BCUT2D eigenvalue weighted by molar-refractivity contribution is 9.10. The molecule has 0 aliphatic rings. The Morgan fingerprint density at radius 3 is 2.52 bits per heavy atom. The Hall–Kier alpha value is -1.07. The first kappa shape index (κ1) is 18.0. The molecular formula is C15H19BrClNO3. The topological polar surface area (TPSA) is 66.4 Å². The molecule has 116 valence electrons. The summed E-state index contributed by atoms with van der Waals surface area (Å²) in [6.45, 7) is 0.598. The van der Waals surface area contributed by atoms with Gasteiger partial charge in [0.25, 0.3) is 5.91 Å². The van der Waals surface area contributed by atoms with Gasteiger partial charge in [-0.3, -0.25) is 9.59 Å². The SMILES string of the molecule is O=C(O)CCCCCCCNC(=O)c1cc(Br)ccc1Cl. The largest absolute Gasteiger partial charge is 0.481 e. The van der Waals surface area contributed by atoms with Gasteiger partial charge in [-0.1, -0.05) is 46.8 Å². The highest BCUT2D eigenvalue weighted by Gasteiger charge is 2.09. The van der Waals surface area contributed by atoms with E-state index in [2.05, 4.69) is 21.2 Å². The van der Waals surface area contributed by atoms with Crippen LogP contribution in [0.5, 0.6) is 0 Å². The van der Waals surface area contributed by atoms with E-state index in [4.69, 9.17) is 16.7 Å². The fourth-order valence-electron chi connectivity index (χ4n) is 1.90. The molecule has 4 nitrogen and oxygen atoms in total. The molecule has 21 heavy (non-hydrogen) atoms. The molecule has 0 bridgehead atoms. The predicted octanol–water partition coefficient (Wildman–Crippen LogP) is 4.26. The van der Waals surface area contributed by atoms with Crippen LogP contribution in [-0.4, -0.2) is 23.5 Å². The lowest BCUT2D eigenvalue weighted by Gasteiger charge is -2.07. The van der Waals surface area contributed by atoms with Crippen LogP contribution in [-0.2, 0) is 4.79 Å². The van der Waals surface area contributed by atoms with Crippen LogP contribution in [0, 0.1) is 0 Å². The molecule has 0 atom stereocenters. The van der Waals surface area contributed by atoms with Crippen molar-refractivity contribution in [3.05, 3.63) is 33.3 Å². The first-order chi connectivity index (χ1) is 10.0. The maximum absolute atomic E-state index is 11.9. The number of carbonyl (C=O) groups excluding carboxylic acids is 1. The number of hydrogen-bond donors (Lipinski definition) is 2. The number of rotatable bonds is 9. The molecule has 6 heteroatoms. The summed E-state index contributed by atoms with van der Waals surface area (Å²) >= 11 is 9.30. The molecular weight excluding hydrogens is 358 g/mol. The van der Waals surface area contributed by atoms with Crippen LogP contribution in [0.15, 0.2) is 22.7 Å². The van der Waals surface area contributed by atoms with Crippen LogP contribution in [0.25, 0.3) is 0 Å². The molecule has 1 rings (SSSR count). The highest BCUT2D eigenvalue weighted by atomic mass is 79.9. The highest BCUT2D eigenvalue weighted by Crippen LogP contribution is 2.20. The lowest BCUT2D eigenvalue weighted by atomic mass is 10.1. The molecule has 1 aromatic carbocycles. The van der Waals surface area contributed by atoms with Crippen molar-refractivity contribution in [1.29, 1.82) is 0 Å². The molecule has 0 aliphatic carbocycles. The Labute approximate surface area is 138 Å². The zero-order valence-electron chi connectivity index (χ0n) is 11.7. The molecule has 1 amide bonds. The van der Waals surface area contributed by atoms with Crippen molar-refractivity contribution in [2.75, 3.05) is 6.54 Å². The predicted molar refractivity (Wildman–Crippen MR) is 86.8 cm³/mol. The third-order valence-electron chi connectivity index (χ3n) is 3.03. The molecule has 0 aliphatic heterocycles. The minimum absolute atomic E-state index is 0.174. The standard InChI is InChI=1S/C15H19BrClNO3/c16-11-7-8-13(17)12(10-11)15(21)18-9-5-3-1-2-4-6-14(19)20/h7-8,10H,1-6,9H2,(H,18,21)(H,19,20). The maximum atomic E-state index is 11.9. The Morgan fingerprint density at radius 1 is 1.14 bits per heavy atom. The van der Waals surface area contributed by atoms with Gasteiger partial charge in [-0.2, -0.15) is 0 Å². The van der Waals surface area contributed by atoms with Gasteiger partial charge >= 0.3 is 5.97 Å². The minimum Gasteiger partial charge on any atom is -0.481 e. The maximum Gasteiger partial charge on any atom is 0.303 e. The third kappa shape index (κ3) is 7.48. The van der Waals surface area contributed by atoms with Gasteiger partial charge in [0.15, 0.2) is 0 Å². The molecule has 1 aromatic rings. The Kier molecular flexibility index (Phi) is 8.38. The Morgan fingerprint density at radius 2 is 1.81 bits per heavy atom. The summed E-state index contributed by atoms with van der Waals surface area (Å²) in [7, 11) is 0. The van der Waals surface area contributed by atoms with Gasteiger partial charge in [-0.05, 0) is 31.0 Å². The van der Waals surface area contributed by atoms with E-state index >= 15 is 0 Å². The molecule has 0 aromatic heterocycles. The second-order valence-corrected chi connectivity index (χ2v) is 6.11. The fraction of sp³-hybridized carbons (Fsp3) is 0.467. The Bertz CT molecular complexity index is 494. The number of carboxylic acid groups (broad SMARTS) is 1. The summed E-state index contributed by atoms with van der Waals surface area (Å²) in [4.78, 5) is 22.3. The van der Waals surface area contributed by atoms with Gasteiger partial charge in [0.1, 0.15) is 0 Å². The summed E-state index contributed by atoms with van der Waals surface area (Å²) in [5, 5.41) is 11.8. The minimum atomic E-state index is -0.742. The average Bonchev–Trinajstić information content (AvgIpc) is 2.43. The molecule has 0 spiro atoms. The summed E-state index contributed by atoms with van der Waals surface area (Å²) < 4.78 is 0.815. The van der Waals surface area contributed by atoms with Crippen molar-refractivity contribution in [3.63, 3.8) is 0 Å². The zero-order valence-corrected chi connectivity index (χ0v) is 14.0. The van der Waals surface area contributed by atoms with Crippen molar-refractivity contribution in [1.82, 2.24) is 5.32 Å². The zero-order chi connectivity index (χ0) is 15.7. The number of nitrogens with one attached hydrogen (secondary N) is 1. The van der Waals surface area contributed by atoms with E-state index in [1.165, 1.54) is 0 Å². The summed E-state index contributed by atoms with van der Waals surface area (Å²) in [5.74, 6) is -0.916. The van der Waals surface area contributed by atoms with Crippen LogP contribution >= 0.6 is 27.5 Å². The molecule has 0 saturated heterocycles. The summed E-state index contributed by atoms with van der Waals surface area (Å²) in [6, 6.07) is 5.17. The average molecular weight is 377 g/mol. The first-order valence-corrected chi connectivity index (χ1v) is 8.13. The van der Waals surface area contributed by atoms with Gasteiger partial charge in [-0.15, -0.1) is 0 Å². The molecule has 0 radical (unpaired) electrons. The number of halogens is 2. The third-order valence-corrected chi connectivity index (χ3v) is 3.85. The van der Waals surface area contributed by atoms with Crippen molar-refractivity contribution in [2.24, 2.45) is 0 Å². The van der Waals surface area contributed by atoms with Crippen LogP contribution in [0.2, 0.25) is 5.02 Å².